The number of nitrogens with one attached hydrogen (secondary N) is 1. The van der Waals surface area contributed by atoms with Crippen molar-refractivity contribution in [3.05, 3.63) is 0 Å². The highest BCUT2D eigenvalue weighted by molar-refractivity contribution is 7.91. The summed E-state index contributed by atoms with van der Waals surface area (Å²) in [5.74, 6) is -2.23. The van der Waals surface area contributed by atoms with Gasteiger partial charge in [0.1, 0.15) is 6.04 Å². The topological polar surface area (TPSA) is 127 Å². The van der Waals surface area contributed by atoms with Gasteiger partial charge < -0.3 is 16.2 Å². The molecular formula is C8H16N2O5S. The van der Waals surface area contributed by atoms with Crippen molar-refractivity contribution in [1.82, 2.24) is 5.32 Å². The molecule has 94 valence electrons. The van der Waals surface area contributed by atoms with Crippen LogP contribution in [0.1, 0.15) is 13.3 Å². The molecule has 0 aliphatic carbocycles. The molecule has 0 aromatic heterocycles. The van der Waals surface area contributed by atoms with Crippen LogP contribution < -0.4 is 11.1 Å². The zero-order chi connectivity index (χ0) is 12.8. The van der Waals surface area contributed by atoms with Crippen LogP contribution in [0.5, 0.6) is 0 Å². The fourth-order valence-corrected chi connectivity index (χ4v) is 2.02. The third-order valence-electron chi connectivity index (χ3n) is 1.89. The van der Waals surface area contributed by atoms with Gasteiger partial charge in [0.15, 0.2) is 9.84 Å². The molecule has 0 aromatic carbocycles. The maximum absolute atomic E-state index is 11.3. The van der Waals surface area contributed by atoms with Crippen LogP contribution in [0.25, 0.3) is 0 Å². The number of hydrogen-bond acceptors (Lipinski definition) is 5. The Hall–Kier alpha value is -1.15. The first-order valence-corrected chi connectivity index (χ1v) is 6.51. The number of rotatable bonds is 8. The number of sulfone groups is 1. The van der Waals surface area contributed by atoms with Crippen LogP contribution in [0, 0.1) is 0 Å². The summed E-state index contributed by atoms with van der Waals surface area (Å²) in [4.78, 5) is 20.8. The zero-order valence-corrected chi connectivity index (χ0v) is 9.79. The molecule has 4 N–H and O–H groups in total. The van der Waals surface area contributed by atoms with Crippen molar-refractivity contribution >= 4 is 21.7 Å². The van der Waals surface area contributed by atoms with Gasteiger partial charge in [0.05, 0.1) is 11.5 Å². The summed E-state index contributed by atoms with van der Waals surface area (Å²) >= 11 is 0. The normalized spacial score (nSPS) is 13.3. The largest absolute Gasteiger partial charge is 0.480 e. The van der Waals surface area contributed by atoms with E-state index in [1.807, 2.05) is 0 Å². The summed E-state index contributed by atoms with van der Waals surface area (Å²) in [6.45, 7) is 1.45. The molecule has 0 rings (SSSR count). The van der Waals surface area contributed by atoms with Crippen LogP contribution in [-0.2, 0) is 19.4 Å². The molecule has 0 aromatic rings. The van der Waals surface area contributed by atoms with Gasteiger partial charge in [-0.1, -0.05) is 0 Å². The minimum absolute atomic E-state index is 0.0363. The van der Waals surface area contributed by atoms with Crippen LogP contribution in [0.2, 0.25) is 0 Å². The van der Waals surface area contributed by atoms with E-state index >= 15 is 0 Å². The maximum Gasteiger partial charge on any atom is 0.320 e. The second-order valence-electron chi connectivity index (χ2n) is 3.38. The first kappa shape index (κ1) is 14.8. The molecule has 8 heteroatoms. The minimum Gasteiger partial charge on any atom is -0.480 e. The van der Waals surface area contributed by atoms with Gasteiger partial charge in [-0.2, -0.15) is 0 Å². The van der Waals surface area contributed by atoms with Gasteiger partial charge in [-0.3, -0.25) is 9.59 Å². The van der Waals surface area contributed by atoms with E-state index in [1.165, 1.54) is 6.92 Å². The molecule has 0 aliphatic rings. The first-order valence-electron chi connectivity index (χ1n) is 4.69. The Balaban J connectivity index is 3.91. The average molecular weight is 252 g/mol. The van der Waals surface area contributed by atoms with Crippen LogP contribution in [0.3, 0.4) is 0 Å². The van der Waals surface area contributed by atoms with Gasteiger partial charge in [0.25, 0.3) is 0 Å². The third-order valence-corrected chi connectivity index (χ3v) is 3.55. The highest BCUT2D eigenvalue weighted by Crippen LogP contribution is 1.93. The van der Waals surface area contributed by atoms with E-state index in [0.29, 0.717) is 0 Å². The fourth-order valence-electron chi connectivity index (χ4n) is 0.876. The molecule has 7 nitrogen and oxygen atoms in total. The van der Waals surface area contributed by atoms with E-state index < -0.39 is 27.8 Å². The molecule has 0 spiro atoms. The fraction of sp³-hybridized carbons (Fsp3) is 0.750. The first-order chi connectivity index (χ1) is 7.24. The highest BCUT2D eigenvalue weighted by atomic mass is 32.2. The number of primary amides is 1. The molecule has 1 unspecified atom stereocenters. The summed E-state index contributed by atoms with van der Waals surface area (Å²) in [7, 11) is -3.35. The lowest BCUT2D eigenvalue weighted by Crippen LogP contribution is -2.37. The van der Waals surface area contributed by atoms with Crippen LogP contribution in [0.15, 0.2) is 0 Å². The number of aliphatic carboxylic acids is 1. The van der Waals surface area contributed by atoms with Gasteiger partial charge >= 0.3 is 5.97 Å². The van der Waals surface area contributed by atoms with Gasteiger partial charge in [-0.05, 0) is 6.92 Å². The smallest absolute Gasteiger partial charge is 0.320 e. The van der Waals surface area contributed by atoms with Gasteiger partial charge in [0.2, 0.25) is 5.91 Å². The Morgan fingerprint density at radius 3 is 2.38 bits per heavy atom. The number of carbonyl (C=O) groups excluding carboxylic acids is 1. The number of carboxylic acid groups (broad SMARTS) is 1. The van der Waals surface area contributed by atoms with Crippen LogP contribution in [0.4, 0.5) is 0 Å². The lowest BCUT2D eigenvalue weighted by atomic mass is 10.3. The third kappa shape index (κ3) is 7.18. The van der Waals surface area contributed by atoms with E-state index in [2.05, 4.69) is 5.32 Å². The van der Waals surface area contributed by atoms with E-state index in [9.17, 15) is 18.0 Å². The second kappa shape index (κ2) is 6.44. The standard InChI is InChI=1S/C8H16N2O5S/c1-6(8(12)13)10-3-5-16(14,15)4-2-7(9)11/h6,10H,2-5H2,1H3,(H2,9,11)(H,12,13). The molecule has 0 radical (unpaired) electrons. The summed E-state index contributed by atoms with van der Waals surface area (Å²) in [5, 5.41) is 11.0. The summed E-state index contributed by atoms with van der Waals surface area (Å²) < 4.78 is 22.6. The lowest BCUT2D eigenvalue weighted by molar-refractivity contribution is -0.138. The van der Waals surface area contributed by atoms with E-state index in [0.717, 1.165) is 0 Å². The summed E-state index contributed by atoms with van der Waals surface area (Å²) in [5.41, 5.74) is 4.82. The number of nitrogens with two attached hydrogens (primary N) is 1. The van der Waals surface area contributed by atoms with Crippen LogP contribution in [-0.4, -0.2) is 49.5 Å². The van der Waals surface area contributed by atoms with Gasteiger partial charge in [-0.25, -0.2) is 8.42 Å². The Morgan fingerprint density at radius 1 is 1.38 bits per heavy atom. The van der Waals surface area contributed by atoms with Crippen molar-refractivity contribution in [2.75, 3.05) is 18.1 Å². The molecule has 16 heavy (non-hydrogen) atoms. The predicted octanol–water partition coefficient (Wildman–Crippen LogP) is -1.66. The Labute approximate surface area is 93.9 Å². The molecule has 1 atom stereocenters. The van der Waals surface area contributed by atoms with Crippen molar-refractivity contribution in [1.29, 1.82) is 0 Å². The summed E-state index contributed by atoms with van der Waals surface area (Å²) in [6, 6.07) is -0.800. The monoisotopic (exact) mass is 252 g/mol. The quantitative estimate of drug-likeness (QED) is 0.474. The molecular weight excluding hydrogens is 236 g/mol. The van der Waals surface area contributed by atoms with Crippen molar-refractivity contribution in [2.45, 2.75) is 19.4 Å². The molecule has 0 bridgehead atoms. The second-order valence-corrected chi connectivity index (χ2v) is 5.69. The Morgan fingerprint density at radius 2 is 1.94 bits per heavy atom. The number of amides is 1. The molecule has 0 saturated carbocycles. The highest BCUT2D eigenvalue weighted by Gasteiger charge is 2.14. The van der Waals surface area contributed by atoms with Crippen molar-refractivity contribution < 1.29 is 23.1 Å². The minimum atomic E-state index is -3.35. The van der Waals surface area contributed by atoms with Crippen LogP contribution >= 0.6 is 0 Å². The van der Waals surface area contributed by atoms with Crippen molar-refractivity contribution in [3.8, 4) is 0 Å². The lowest BCUT2D eigenvalue weighted by Gasteiger charge is -2.08. The predicted molar refractivity (Wildman–Crippen MR) is 57.6 cm³/mol. The van der Waals surface area contributed by atoms with E-state index in [-0.39, 0.29) is 24.5 Å². The molecule has 0 fully saturated rings. The van der Waals surface area contributed by atoms with E-state index in [1.54, 1.807) is 0 Å². The van der Waals surface area contributed by atoms with Crippen molar-refractivity contribution in [2.24, 2.45) is 5.73 Å². The molecule has 0 aliphatic heterocycles. The molecule has 1 amide bonds. The number of carbonyl (C=O) groups is 2. The molecule has 0 heterocycles. The number of hydrogen-bond donors (Lipinski definition) is 3. The summed E-state index contributed by atoms with van der Waals surface area (Å²) in [6.07, 6.45) is -0.211. The number of carboxylic acids is 1. The average Bonchev–Trinajstić information content (AvgIpc) is 2.14. The van der Waals surface area contributed by atoms with Gasteiger partial charge in [0, 0.05) is 13.0 Å². The van der Waals surface area contributed by atoms with E-state index in [4.69, 9.17) is 10.8 Å². The maximum atomic E-state index is 11.3. The van der Waals surface area contributed by atoms with Gasteiger partial charge in [-0.15, -0.1) is 0 Å². The molecule has 0 saturated heterocycles. The SMILES string of the molecule is CC(NCCS(=O)(=O)CCC(N)=O)C(=O)O. The Bertz CT molecular complexity index is 351. The Kier molecular flexibility index (Phi) is 5.97. The van der Waals surface area contributed by atoms with Crippen molar-refractivity contribution in [3.63, 3.8) is 0 Å². The zero-order valence-electron chi connectivity index (χ0n) is 8.97.